The molecule has 1 unspecified atom stereocenters. The lowest BCUT2D eigenvalue weighted by Gasteiger charge is -2.34. The Hall–Kier alpha value is -5.08. The molecule has 0 aromatic heterocycles. The third-order valence-electron chi connectivity index (χ3n) is 7.98. The van der Waals surface area contributed by atoms with Crippen molar-refractivity contribution in [1.82, 2.24) is 4.90 Å². The second kappa shape index (κ2) is 12.0. The molecule has 0 saturated carbocycles. The number of carbonyl (C=O) groups is 3. The lowest BCUT2D eigenvalue weighted by Crippen LogP contribution is -2.44. The van der Waals surface area contributed by atoms with E-state index in [0.29, 0.717) is 28.1 Å². The Morgan fingerprint density at radius 3 is 2.30 bits per heavy atom. The van der Waals surface area contributed by atoms with Gasteiger partial charge >= 0.3 is 0 Å². The molecule has 216 valence electrons. The van der Waals surface area contributed by atoms with Gasteiger partial charge in [0.15, 0.2) is 5.78 Å². The van der Waals surface area contributed by atoms with Crippen LogP contribution in [-0.2, 0) is 4.79 Å². The minimum absolute atomic E-state index is 0.182. The van der Waals surface area contributed by atoms with Gasteiger partial charge in [-0.05, 0) is 74.1 Å². The fourth-order valence-corrected chi connectivity index (χ4v) is 5.36. The van der Waals surface area contributed by atoms with Gasteiger partial charge in [-0.2, -0.15) is 0 Å². The van der Waals surface area contributed by atoms with Crippen LogP contribution in [0.1, 0.15) is 43.3 Å². The summed E-state index contributed by atoms with van der Waals surface area (Å²) in [4.78, 5) is 48.1. The molecular formula is C35H33N5O3. The van der Waals surface area contributed by atoms with Crippen molar-refractivity contribution < 1.29 is 14.4 Å². The van der Waals surface area contributed by atoms with E-state index in [4.69, 9.17) is 0 Å². The molecular weight excluding hydrogens is 538 g/mol. The standard InChI is InChI=1S/C35H33N5O3/c1-23-6-8-24(9-7-23)34(42)37-28-5-3-4-25(20-28)33(41)26-10-15-30-31(35(43)38-32(30)21-26)22-36-27-11-13-29(14-12-27)40-18-16-39(2)17-19-40/h3-15,20-22,31H,16-19H2,1-2H3,(H,37,42)(H,38,43). The Morgan fingerprint density at radius 1 is 0.860 bits per heavy atom. The zero-order chi connectivity index (χ0) is 29.9. The maximum Gasteiger partial charge on any atom is 0.255 e. The smallest absolute Gasteiger partial charge is 0.255 e. The van der Waals surface area contributed by atoms with Gasteiger partial charge in [0.05, 0.1) is 5.69 Å². The van der Waals surface area contributed by atoms with Crippen molar-refractivity contribution in [2.45, 2.75) is 12.8 Å². The summed E-state index contributed by atoms with van der Waals surface area (Å²) in [7, 11) is 2.14. The van der Waals surface area contributed by atoms with E-state index in [2.05, 4.69) is 44.6 Å². The van der Waals surface area contributed by atoms with Crippen molar-refractivity contribution in [2.24, 2.45) is 4.99 Å². The molecule has 1 atom stereocenters. The number of piperazine rings is 1. The van der Waals surface area contributed by atoms with E-state index in [-0.39, 0.29) is 17.6 Å². The monoisotopic (exact) mass is 571 g/mol. The van der Waals surface area contributed by atoms with E-state index < -0.39 is 5.92 Å². The number of hydrogen-bond acceptors (Lipinski definition) is 6. The number of likely N-dealkylation sites (N-methyl/N-ethyl adjacent to an activating group) is 1. The molecule has 6 rings (SSSR count). The topological polar surface area (TPSA) is 94.1 Å². The molecule has 8 heteroatoms. The van der Waals surface area contributed by atoms with Gasteiger partial charge in [-0.15, -0.1) is 0 Å². The third kappa shape index (κ3) is 6.24. The number of anilines is 3. The Kier molecular flexibility index (Phi) is 7.85. The summed E-state index contributed by atoms with van der Waals surface area (Å²) in [6.45, 7) is 6.05. The molecule has 4 aromatic carbocycles. The summed E-state index contributed by atoms with van der Waals surface area (Å²) in [5.41, 5.74) is 6.34. The highest BCUT2D eigenvalue weighted by Gasteiger charge is 2.30. The highest BCUT2D eigenvalue weighted by Crippen LogP contribution is 2.33. The van der Waals surface area contributed by atoms with E-state index in [0.717, 1.165) is 43.0 Å². The number of ketones is 1. The Labute approximate surface area is 251 Å². The van der Waals surface area contributed by atoms with E-state index in [1.165, 1.54) is 5.69 Å². The molecule has 2 aliphatic heterocycles. The van der Waals surface area contributed by atoms with Crippen LogP contribution in [0.5, 0.6) is 0 Å². The first-order chi connectivity index (χ1) is 20.8. The molecule has 0 radical (unpaired) electrons. The van der Waals surface area contributed by atoms with Gasteiger partial charge in [-0.3, -0.25) is 19.4 Å². The molecule has 2 N–H and O–H groups in total. The van der Waals surface area contributed by atoms with Crippen LogP contribution < -0.4 is 15.5 Å². The summed E-state index contributed by atoms with van der Waals surface area (Å²) in [5, 5.41) is 5.76. The molecule has 4 aromatic rings. The van der Waals surface area contributed by atoms with Crippen LogP contribution in [0.25, 0.3) is 0 Å². The molecule has 0 bridgehead atoms. The van der Waals surface area contributed by atoms with Crippen molar-refractivity contribution in [3.8, 4) is 0 Å². The molecule has 0 aliphatic carbocycles. The average Bonchev–Trinajstić information content (AvgIpc) is 3.34. The highest BCUT2D eigenvalue weighted by atomic mass is 16.2. The molecule has 8 nitrogen and oxygen atoms in total. The van der Waals surface area contributed by atoms with Gasteiger partial charge in [0, 0.05) is 66.1 Å². The number of nitrogens with zero attached hydrogens (tertiary/aromatic N) is 3. The van der Waals surface area contributed by atoms with Crippen molar-refractivity contribution in [2.75, 3.05) is 48.8 Å². The normalized spacial score (nSPS) is 16.7. The van der Waals surface area contributed by atoms with Gasteiger partial charge < -0.3 is 20.4 Å². The SMILES string of the molecule is Cc1ccc(C(=O)Nc2cccc(C(=O)c3ccc4c(c3)NC(=O)C4C=Nc3ccc(N4CCN(C)CC4)cc3)c2)cc1. The number of fused-ring (bicyclic) bond motifs is 1. The number of hydrogen-bond donors (Lipinski definition) is 2. The number of carbonyl (C=O) groups excluding carboxylic acids is 3. The fourth-order valence-electron chi connectivity index (χ4n) is 5.36. The number of aliphatic imine (C=N–C) groups is 1. The minimum atomic E-state index is -0.545. The summed E-state index contributed by atoms with van der Waals surface area (Å²) in [6, 6.07) is 27.4. The lowest BCUT2D eigenvalue weighted by atomic mass is 9.97. The predicted octanol–water partition coefficient (Wildman–Crippen LogP) is 5.67. The quantitative estimate of drug-likeness (QED) is 0.220. The van der Waals surface area contributed by atoms with Crippen LogP contribution in [0.2, 0.25) is 0 Å². The highest BCUT2D eigenvalue weighted by molar-refractivity contribution is 6.15. The van der Waals surface area contributed by atoms with E-state index in [9.17, 15) is 14.4 Å². The maximum absolute atomic E-state index is 13.4. The molecule has 2 amide bonds. The third-order valence-corrected chi connectivity index (χ3v) is 7.98. The van der Waals surface area contributed by atoms with Crippen molar-refractivity contribution in [1.29, 1.82) is 0 Å². The molecule has 0 spiro atoms. The molecule has 2 heterocycles. The van der Waals surface area contributed by atoms with Gasteiger partial charge in [-0.1, -0.05) is 42.0 Å². The minimum Gasteiger partial charge on any atom is -0.369 e. The second-order valence-electron chi connectivity index (χ2n) is 11.1. The first-order valence-corrected chi connectivity index (χ1v) is 14.4. The van der Waals surface area contributed by atoms with Crippen LogP contribution >= 0.6 is 0 Å². The Morgan fingerprint density at radius 2 is 1.56 bits per heavy atom. The van der Waals surface area contributed by atoms with Crippen molar-refractivity contribution in [3.63, 3.8) is 0 Å². The maximum atomic E-state index is 13.4. The number of nitrogens with one attached hydrogen (secondary N) is 2. The van der Waals surface area contributed by atoms with Gasteiger partial charge in [-0.25, -0.2) is 0 Å². The average molecular weight is 572 g/mol. The van der Waals surface area contributed by atoms with Crippen LogP contribution in [0, 0.1) is 6.92 Å². The zero-order valence-corrected chi connectivity index (χ0v) is 24.2. The van der Waals surface area contributed by atoms with Gasteiger partial charge in [0.1, 0.15) is 5.92 Å². The first kappa shape index (κ1) is 28.1. The summed E-state index contributed by atoms with van der Waals surface area (Å²) in [5.74, 6) is -1.18. The molecule has 1 saturated heterocycles. The number of aryl methyl sites for hydroxylation is 1. The summed E-state index contributed by atoms with van der Waals surface area (Å²) in [6.07, 6.45) is 1.66. The van der Waals surface area contributed by atoms with E-state index in [1.807, 2.05) is 31.2 Å². The number of amides is 2. The molecule has 1 fully saturated rings. The van der Waals surface area contributed by atoms with Crippen LogP contribution in [0.15, 0.2) is 96.0 Å². The Bertz CT molecular complexity index is 1700. The zero-order valence-electron chi connectivity index (χ0n) is 24.2. The number of rotatable bonds is 7. The van der Waals surface area contributed by atoms with Crippen LogP contribution in [0.3, 0.4) is 0 Å². The summed E-state index contributed by atoms with van der Waals surface area (Å²) >= 11 is 0. The van der Waals surface area contributed by atoms with E-state index in [1.54, 1.807) is 60.8 Å². The van der Waals surface area contributed by atoms with Crippen molar-refractivity contribution in [3.05, 3.63) is 119 Å². The predicted molar refractivity (Wildman–Crippen MR) is 171 cm³/mol. The summed E-state index contributed by atoms with van der Waals surface area (Å²) < 4.78 is 0. The second-order valence-corrected chi connectivity index (χ2v) is 11.1. The molecule has 43 heavy (non-hydrogen) atoms. The van der Waals surface area contributed by atoms with Crippen LogP contribution in [-0.4, -0.2) is 61.9 Å². The van der Waals surface area contributed by atoms with E-state index >= 15 is 0 Å². The largest absolute Gasteiger partial charge is 0.369 e. The van der Waals surface area contributed by atoms with Crippen LogP contribution in [0.4, 0.5) is 22.7 Å². The fraction of sp³-hybridized carbons (Fsp3) is 0.200. The van der Waals surface area contributed by atoms with Gasteiger partial charge in [0.25, 0.3) is 5.91 Å². The van der Waals surface area contributed by atoms with Gasteiger partial charge in [0.2, 0.25) is 5.91 Å². The molecule has 2 aliphatic rings. The Balaban J connectivity index is 1.13. The van der Waals surface area contributed by atoms with Crippen molar-refractivity contribution >= 4 is 46.6 Å². The lowest BCUT2D eigenvalue weighted by molar-refractivity contribution is -0.115. The number of benzene rings is 4. The first-order valence-electron chi connectivity index (χ1n) is 14.4.